The first-order valence-electron chi connectivity index (χ1n) is 12.2. The maximum absolute atomic E-state index is 13.2. The third kappa shape index (κ3) is 4.96. The first-order valence-corrected chi connectivity index (χ1v) is 12.6. The largest absolute Gasteiger partial charge is 0.341 e. The van der Waals surface area contributed by atoms with E-state index in [1.54, 1.807) is 23.0 Å². The zero-order valence-electron chi connectivity index (χ0n) is 20.9. The number of pyridine rings is 1. The Morgan fingerprint density at radius 1 is 1.14 bits per heavy atom. The fourth-order valence-electron chi connectivity index (χ4n) is 5.10. The summed E-state index contributed by atoms with van der Waals surface area (Å²) in [6.45, 7) is 7.19. The van der Waals surface area contributed by atoms with Gasteiger partial charge in [0.2, 0.25) is 5.91 Å². The molecule has 2 amide bonds. The number of amides is 2. The maximum atomic E-state index is 13.2. The molecule has 1 aliphatic heterocycles. The number of hydrogen-bond acceptors (Lipinski definition) is 4. The smallest absolute Gasteiger partial charge is 0.276 e. The molecule has 3 aromatic rings. The molecule has 5 rings (SSSR count). The Morgan fingerprint density at radius 3 is 2.46 bits per heavy atom. The van der Waals surface area contributed by atoms with Crippen molar-refractivity contribution in [2.45, 2.75) is 39.7 Å². The van der Waals surface area contributed by atoms with Gasteiger partial charge in [-0.1, -0.05) is 37.3 Å². The number of likely N-dealkylation sites (tertiary alicyclic amines) is 1. The lowest BCUT2D eigenvalue weighted by atomic mass is 9.60. The van der Waals surface area contributed by atoms with Gasteiger partial charge in [0.05, 0.1) is 17.3 Å². The van der Waals surface area contributed by atoms with Crippen LogP contribution in [0, 0.1) is 35.9 Å². The Balaban J connectivity index is 1.24. The third-order valence-corrected chi connectivity index (χ3v) is 7.29. The normalized spacial score (nSPS) is 16.1. The van der Waals surface area contributed by atoms with Crippen LogP contribution in [-0.4, -0.2) is 44.6 Å². The number of aryl methyl sites for hydroxylation is 1. The highest BCUT2D eigenvalue weighted by atomic mass is 35.5. The summed E-state index contributed by atoms with van der Waals surface area (Å²) in [5, 5.41) is 7.51. The van der Waals surface area contributed by atoms with Crippen LogP contribution in [0.1, 0.15) is 59.9 Å². The molecule has 2 aliphatic rings. The second-order valence-corrected chi connectivity index (χ2v) is 10.7. The molecule has 1 saturated carbocycles. The predicted molar refractivity (Wildman–Crippen MR) is 139 cm³/mol. The molecule has 3 heterocycles. The molecule has 0 unspecified atom stereocenters. The summed E-state index contributed by atoms with van der Waals surface area (Å²) in [7, 11) is 0. The quantitative estimate of drug-likeness (QED) is 0.500. The van der Waals surface area contributed by atoms with Gasteiger partial charge in [-0.3, -0.25) is 14.3 Å². The highest BCUT2D eigenvalue weighted by molar-refractivity contribution is 6.34. The van der Waals surface area contributed by atoms with Crippen molar-refractivity contribution in [2.75, 3.05) is 18.4 Å². The second kappa shape index (κ2) is 9.64. The Labute approximate surface area is 220 Å². The van der Waals surface area contributed by atoms with E-state index in [1.165, 1.54) is 18.3 Å². The topological polar surface area (TPSA) is 80.1 Å². The van der Waals surface area contributed by atoms with E-state index < -0.39 is 0 Å². The molecule has 2 fully saturated rings. The SMILES string of the molecule is Cc1cc(C#Cc2ccc(F)cc2)cnc1NC(=O)c1c(Cl)cnn1C1CC2(C1)CN(C(=O)C(C)C)C2. The molecule has 190 valence electrons. The Kier molecular flexibility index (Phi) is 6.50. The van der Waals surface area contributed by atoms with Gasteiger partial charge in [0.25, 0.3) is 5.91 Å². The average molecular weight is 520 g/mol. The van der Waals surface area contributed by atoms with Gasteiger partial charge in [-0.25, -0.2) is 9.37 Å². The molecule has 37 heavy (non-hydrogen) atoms. The highest BCUT2D eigenvalue weighted by Crippen LogP contribution is 2.54. The van der Waals surface area contributed by atoms with Crippen molar-refractivity contribution < 1.29 is 14.0 Å². The Morgan fingerprint density at radius 2 is 1.81 bits per heavy atom. The summed E-state index contributed by atoms with van der Waals surface area (Å²) < 4.78 is 14.8. The van der Waals surface area contributed by atoms with Gasteiger partial charge < -0.3 is 10.2 Å². The van der Waals surface area contributed by atoms with Gasteiger partial charge in [-0.2, -0.15) is 5.10 Å². The zero-order valence-corrected chi connectivity index (χ0v) is 21.6. The lowest BCUT2D eigenvalue weighted by Gasteiger charge is -2.59. The fraction of sp³-hybridized carbons (Fsp3) is 0.357. The summed E-state index contributed by atoms with van der Waals surface area (Å²) >= 11 is 6.36. The first kappa shape index (κ1) is 25.0. The molecule has 1 N–H and O–H groups in total. The number of hydrogen-bond donors (Lipinski definition) is 1. The fourth-order valence-corrected chi connectivity index (χ4v) is 5.32. The van der Waals surface area contributed by atoms with Crippen LogP contribution in [0.15, 0.2) is 42.7 Å². The van der Waals surface area contributed by atoms with Crippen molar-refractivity contribution >= 4 is 29.2 Å². The zero-order chi connectivity index (χ0) is 26.3. The van der Waals surface area contributed by atoms with Gasteiger partial charge in [0, 0.05) is 41.7 Å². The van der Waals surface area contributed by atoms with E-state index in [-0.39, 0.29) is 40.0 Å². The number of carbonyl (C=O) groups is 2. The van der Waals surface area contributed by atoms with Gasteiger partial charge in [-0.05, 0) is 55.7 Å². The Bertz CT molecular complexity index is 1420. The lowest BCUT2D eigenvalue weighted by molar-refractivity contribution is -0.157. The van der Waals surface area contributed by atoms with E-state index in [2.05, 4.69) is 27.2 Å². The van der Waals surface area contributed by atoms with E-state index in [0.717, 1.165) is 31.5 Å². The van der Waals surface area contributed by atoms with Crippen molar-refractivity contribution in [3.05, 3.63) is 75.9 Å². The number of aromatic nitrogens is 3. The van der Waals surface area contributed by atoms with Crippen LogP contribution in [0.3, 0.4) is 0 Å². The van der Waals surface area contributed by atoms with Gasteiger partial charge >= 0.3 is 0 Å². The molecule has 1 spiro atoms. The predicted octanol–water partition coefficient (Wildman–Crippen LogP) is 4.85. The number of halogens is 2. The van der Waals surface area contributed by atoms with Crippen molar-refractivity contribution in [3.63, 3.8) is 0 Å². The standard InChI is InChI=1S/C28H27ClFN5O2/c1-17(2)27(37)34-15-28(16-34)11-22(12-28)35-24(23(29)14-32-35)26(36)33-25-18(3)10-20(13-31-25)5-4-19-6-8-21(30)9-7-19/h6-10,13-14,17,22H,11-12,15-16H2,1-3H3,(H,31,33,36). The van der Waals surface area contributed by atoms with Crippen LogP contribution >= 0.6 is 11.6 Å². The summed E-state index contributed by atoms with van der Waals surface area (Å²) in [5.41, 5.74) is 2.53. The number of carbonyl (C=O) groups excluding carboxylic acids is 2. The second-order valence-electron chi connectivity index (χ2n) is 10.3. The van der Waals surface area contributed by atoms with Crippen molar-refractivity contribution in [1.82, 2.24) is 19.7 Å². The van der Waals surface area contributed by atoms with Gasteiger partial charge in [0.1, 0.15) is 17.3 Å². The summed E-state index contributed by atoms with van der Waals surface area (Å²) in [5.74, 6) is 5.89. The molecule has 1 aromatic carbocycles. The minimum Gasteiger partial charge on any atom is -0.341 e. The van der Waals surface area contributed by atoms with E-state index >= 15 is 0 Å². The molecule has 2 aromatic heterocycles. The van der Waals surface area contributed by atoms with Crippen LogP contribution in [0.25, 0.3) is 0 Å². The molecule has 9 heteroatoms. The Hall–Kier alpha value is -3.70. The summed E-state index contributed by atoms with van der Waals surface area (Å²) in [6.07, 6.45) is 4.78. The third-order valence-electron chi connectivity index (χ3n) is 7.01. The van der Waals surface area contributed by atoms with Crippen LogP contribution in [0.4, 0.5) is 10.2 Å². The summed E-state index contributed by atoms with van der Waals surface area (Å²) in [4.78, 5) is 31.7. The van der Waals surface area contributed by atoms with Crippen molar-refractivity contribution in [3.8, 4) is 11.8 Å². The number of benzene rings is 1. The lowest BCUT2D eigenvalue weighted by Crippen LogP contribution is -2.64. The van der Waals surface area contributed by atoms with Crippen molar-refractivity contribution in [1.29, 1.82) is 0 Å². The van der Waals surface area contributed by atoms with Gasteiger partial charge in [-0.15, -0.1) is 0 Å². The molecule has 1 saturated heterocycles. The van der Waals surface area contributed by atoms with E-state index in [9.17, 15) is 14.0 Å². The van der Waals surface area contributed by atoms with E-state index in [4.69, 9.17) is 11.6 Å². The number of nitrogens with zero attached hydrogens (tertiary/aromatic N) is 4. The summed E-state index contributed by atoms with van der Waals surface area (Å²) in [6, 6.07) is 7.83. The highest BCUT2D eigenvalue weighted by Gasteiger charge is 2.55. The van der Waals surface area contributed by atoms with Crippen LogP contribution in [0.5, 0.6) is 0 Å². The van der Waals surface area contributed by atoms with Crippen LogP contribution in [-0.2, 0) is 4.79 Å². The van der Waals surface area contributed by atoms with Crippen LogP contribution < -0.4 is 5.32 Å². The minimum atomic E-state index is -0.380. The molecular formula is C28H27ClFN5O2. The maximum Gasteiger partial charge on any atom is 0.276 e. The molecule has 0 radical (unpaired) electrons. The van der Waals surface area contributed by atoms with Gasteiger partial charge in [0.15, 0.2) is 0 Å². The molecule has 0 atom stereocenters. The monoisotopic (exact) mass is 519 g/mol. The average Bonchev–Trinajstić information content (AvgIpc) is 3.19. The number of rotatable bonds is 4. The number of anilines is 1. The van der Waals surface area contributed by atoms with Crippen molar-refractivity contribution in [2.24, 2.45) is 11.3 Å². The minimum absolute atomic E-state index is 0.00132. The molecular weight excluding hydrogens is 493 g/mol. The molecule has 1 aliphatic carbocycles. The van der Waals surface area contributed by atoms with Crippen LogP contribution in [0.2, 0.25) is 5.02 Å². The molecule has 0 bridgehead atoms. The van der Waals surface area contributed by atoms with E-state index in [1.807, 2.05) is 31.7 Å². The first-order chi connectivity index (χ1) is 17.6. The number of nitrogens with one attached hydrogen (secondary N) is 1. The van der Waals surface area contributed by atoms with E-state index in [0.29, 0.717) is 22.6 Å². The molecule has 7 nitrogen and oxygen atoms in total.